The van der Waals surface area contributed by atoms with Gasteiger partial charge in [0.15, 0.2) is 0 Å². The van der Waals surface area contributed by atoms with Gasteiger partial charge in [-0.3, -0.25) is 9.59 Å². The standard InChI is InChI=1S/C20H26N4O2S/c1-27-14-12-17(22-19(25)15-7-3-2-4-8-15)20(26)23-18-11-13-21-24(18)16-9-5-6-10-16/h2-4,7-8,11,13,16-17H,5-6,9-10,12,14H2,1H3,(H,22,25)(H,23,26). The summed E-state index contributed by atoms with van der Waals surface area (Å²) >= 11 is 1.65. The van der Waals surface area contributed by atoms with E-state index < -0.39 is 6.04 Å². The van der Waals surface area contributed by atoms with Crippen LogP contribution < -0.4 is 10.6 Å². The number of amides is 2. The Kier molecular flexibility index (Phi) is 6.92. The molecule has 1 heterocycles. The van der Waals surface area contributed by atoms with Crippen LogP contribution in [0.2, 0.25) is 0 Å². The summed E-state index contributed by atoms with van der Waals surface area (Å²) in [4.78, 5) is 25.4. The Balaban J connectivity index is 1.68. The molecule has 7 heteroatoms. The molecule has 3 rings (SSSR count). The second kappa shape index (κ2) is 9.60. The van der Waals surface area contributed by atoms with Gasteiger partial charge in [0, 0.05) is 11.6 Å². The third-order valence-electron chi connectivity index (χ3n) is 4.86. The van der Waals surface area contributed by atoms with Crippen molar-refractivity contribution in [2.45, 2.75) is 44.2 Å². The molecule has 0 saturated heterocycles. The summed E-state index contributed by atoms with van der Waals surface area (Å²) in [5.41, 5.74) is 0.551. The van der Waals surface area contributed by atoms with Crippen LogP contribution in [0.15, 0.2) is 42.6 Å². The number of aromatic nitrogens is 2. The Morgan fingerprint density at radius 3 is 2.67 bits per heavy atom. The molecule has 1 aromatic heterocycles. The predicted molar refractivity (Wildman–Crippen MR) is 109 cm³/mol. The molecule has 0 radical (unpaired) electrons. The molecule has 0 aliphatic heterocycles. The molecule has 2 N–H and O–H groups in total. The van der Waals surface area contributed by atoms with Gasteiger partial charge >= 0.3 is 0 Å². The Bertz CT molecular complexity index is 756. The summed E-state index contributed by atoms with van der Waals surface area (Å²) in [7, 11) is 0. The average molecular weight is 387 g/mol. The van der Waals surface area contributed by atoms with Crippen LogP contribution >= 0.6 is 11.8 Å². The summed E-state index contributed by atoms with van der Waals surface area (Å²) in [5, 5.41) is 10.2. The fraction of sp³-hybridized carbons (Fsp3) is 0.450. The number of anilines is 1. The van der Waals surface area contributed by atoms with Gasteiger partial charge in [0.25, 0.3) is 5.91 Å². The second-order valence-corrected chi connectivity index (χ2v) is 7.75. The van der Waals surface area contributed by atoms with Crippen molar-refractivity contribution >= 4 is 29.4 Å². The molecular formula is C20H26N4O2S. The molecule has 1 aromatic carbocycles. The van der Waals surface area contributed by atoms with Crippen molar-refractivity contribution in [3.8, 4) is 0 Å². The van der Waals surface area contributed by atoms with Gasteiger partial charge in [-0.2, -0.15) is 16.9 Å². The minimum Gasteiger partial charge on any atom is -0.340 e. The van der Waals surface area contributed by atoms with E-state index in [0.717, 1.165) is 18.6 Å². The maximum atomic E-state index is 12.9. The van der Waals surface area contributed by atoms with Crippen LogP contribution in [0.3, 0.4) is 0 Å². The number of nitrogens with zero attached hydrogens (tertiary/aromatic N) is 2. The SMILES string of the molecule is CSCCC(NC(=O)c1ccccc1)C(=O)Nc1ccnn1C1CCCC1. The molecular weight excluding hydrogens is 360 g/mol. The number of nitrogens with one attached hydrogen (secondary N) is 2. The van der Waals surface area contributed by atoms with Crippen LogP contribution in [-0.2, 0) is 4.79 Å². The predicted octanol–water partition coefficient (Wildman–Crippen LogP) is 3.49. The molecule has 1 saturated carbocycles. The molecule has 2 aromatic rings. The summed E-state index contributed by atoms with van der Waals surface area (Å²) in [6, 6.07) is 10.6. The van der Waals surface area contributed by atoms with E-state index in [4.69, 9.17) is 0 Å². The first kappa shape index (κ1) is 19.5. The number of rotatable bonds is 8. The molecule has 1 unspecified atom stereocenters. The van der Waals surface area contributed by atoms with Gasteiger partial charge in [-0.25, -0.2) is 4.68 Å². The van der Waals surface area contributed by atoms with Gasteiger partial charge in [-0.05, 0) is 43.4 Å². The molecule has 1 fully saturated rings. The lowest BCUT2D eigenvalue weighted by molar-refractivity contribution is -0.118. The van der Waals surface area contributed by atoms with Crippen molar-refractivity contribution in [3.63, 3.8) is 0 Å². The van der Waals surface area contributed by atoms with E-state index in [2.05, 4.69) is 15.7 Å². The number of carbonyl (C=O) groups is 2. The van der Waals surface area contributed by atoms with Crippen molar-refractivity contribution < 1.29 is 9.59 Å². The van der Waals surface area contributed by atoms with Crippen LogP contribution in [-0.4, -0.2) is 39.6 Å². The maximum absolute atomic E-state index is 12.9. The van der Waals surface area contributed by atoms with E-state index in [9.17, 15) is 9.59 Å². The highest BCUT2D eigenvalue weighted by Gasteiger charge is 2.24. The first-order valence-electron chi connectivity index (χ1n) is 9.38. The quantitative estimate of drug-likeness (QED) is 0.728. The van der Waals surface area contributed by atoms with E-state index in [1.165, 1.54) is 12.8 Å². The van der Waals surface area contributed by atoms with E-state index in [0.29, 0.717) is 23.8 Å². The molecule has 0 spiro atoms. The number of benzene rings is 1. The highest BCUT2D eigenvalue weighted by Crippen LogP contribution is 2.31. The number of thioether (sulfide) groups is 1. The molecule has 0 bridgehead atoms. The maximum Gasteiger partial charge on any atom is 0.251 e. The second-order valence-electron chi connectivity index (χ2n) is 6.76. The Morgan fingerprint density at radius 1 is 1.22 bits per heavy atom. The molecule has 144 valence electrons. The van der Waals surface area contributed by atoms with Crippen LogP contribution in [0.25, 0.3) is 0 Å². The summed E-state index contributed by atoms with van der Waals surface area (Å²) in [6.45, 7) is 0. The van der Waals surface area contributed by atoms with Gasteiger partial charge in [0.05, 0.1) is 12.2 Å². The molecule has 1 atom stereocenters. The minimum absolute atomic E-state index is 0.201. The highest BCUT2D eigenvalue weighted by molar-refractivity contribution is 7.98. The van der Waals surface area contributed by atoms with Crippen LogP contribution in [0.5, 0.6) is 0 Å². The monoisotopic (exact) mass is 386 g/mol. The van der Waals surface area contributed by atoms with Crippen molar-refractivity contribution in [1.82, 2.24) is 15.1 Å². The Labute approximate surface area is 164 Å². The molecule has 6 nitrogen and oxygen atoms in total. The molecule has 1 aliphatic rings. The van der Waals surface area contributed by atoms with Crippen molar-refractivity contribution in [3.05, 3.63) is 48.2 Å². The number of hydrogen-bond donors (Lipinski definition) is 2. The lowest BCUT2D eigenvalue weighted by Gasteiger charge is -2.20. The van der Waals surface area contributed by atoms with Gasteiger partial charge in [-0.1, -0.05) is 31.0 Å². The average Bonchev–Trinajstić information content (AvgIpc) is 3.37. The van der Waals surface area contributed by atoms with Crippen molar-refractivity contribution in [2.75, 3.05) is 17.3 Å². The van der Waals surface area contributed by atoms with E-state index in [1.807, 2.05) is 35.2 Å². The third-order valence-corrected chi connectivity index (χ3v) is 5.50. The largest absolute Gasteiger partial charge is 0.340 e. The molecule has 27 heavy (non-hydrogen) atoms. The van der Waals surface area contributed by atoms with Gasteiger partial charge in [-0.15, -0.1) is 0 Å². The highest BCUT2D eigenvalue weighted by atomic mass is 32.2. The normalized spacial score (nSPS) is 15.4. The van der Waals surface area contributed by atoms with E-state index >= 15 is 0 Å². The van der Waals surface area contributed by atoms with E-state index in [-0.39, 0.29) is 11.8 Å². The van der Waals surface area contributed by atoms with Crippen molar-refractivity contribution in [2.24, 2.45) is 0 Å². The summed E-state index contributed by atoms with van der Waals surface area (Å²) in [6.07, 6.45) is 8.85. The van der Waals surface area contributed by atoms with Crippen molar-refractivity contribution in [1.29, 1.82) is 0 Å². The van der Waals surface area contributed by atoms with Crippen LogP contribution in [0, 0.1) is 0 Å². The topological polar surface area (TPSA) is 76.0 Å². The zero-order valence-corrected chi connectivity index (χ0v) is 16.4. The number of hydrogen-bond acceptors (Lipinski definition) is 4. The Morgan fingerprint density at radius 2 is 1.96 bits per heavy atom. The lowest BCUT2D eigenvalue weighted by atomic mass is 10.1. The first-order valence-corrected chi connectivity index (χ1v) is 10.8. The van der Waals surface area contributed by atoms with Gasteiger partial charge < -0.3 is 10.6 Å². The molecule has 1 aliphatic carbocycles. The number of carbonyl (C=O) groups excluding carboxylic acids is 2. The lowest BCUT2D eigenvalue weighted by Crippen LogP contribution is -2.44. The minimum atomic E-state index is -0.586. The van der Waals surface area contributed by atoms with Crippen LogP contribution in [0.4, 0.5) is 5.82 Å². The first-order chi connectivity index (χ1) is 13.2. The third kappa shape index (κ3) is 5.13. The zero-order valence-electron chi connectivity index (χ0n) is 15.6. The van der Waals surface area contributed by atoms with Gasteiger partial charge in [0.2, 0.25) is 5.91 Å². The zero-order chi connectivity index (χ0) is 19.1. The summed E-state index contributed by atoms with van der Waals surface area (Å²) in [5.74, 6) is 1.05. The van der Waals surface area contributed by atoms with Crippen LogP contribution in [0.1, 0.15) is 48.5 Å². The summed E-state index contributed by atoms with van der Waals surface area (Å²) < 4.78 is 1.91. The smallest absolute Gasteiger partial charge is 0.251 e. The van der Waals surface area contributed by atoms with Gasteiger partial charge in [0.1, 0.15) is 11.9 Å². The molecule has 2 amide bonds. The fourth-order valence-electron chi connectivity index (χ4n) is 3.40. The Hall–Kier alpha value is -2.28. The van der Waals surface area contributed by atoms with E-state index in [1.54, 1.807) is 30.1 Å². The fourth-order valence-corrected chi connectivity index (χ4v) is 3.87.